The van der Waals surface area contributed by atoms with Crippen LogP contribution in [0.3, 0.4) is 0 Å². The van der Waals surface area contributed by atoms with E-state index in [9.17, 15) is 4.57 Å². The van der Waals surface area contributed by atoms with Crippen LogP contribution in [0.25, 0.3) is 0 Å². The molecule has 6 heteroatoms. The van der Waals surface area contributed by atoms with Gasteiger partial charge in [0, 0.05) is 0 Å². The summed E-state index contributed by atoms with van der Waals surface area (Å²) in [5, 5.41) is 15.5. The summed E-state index contributed by atoms with van der Waals surface area (Å²) in [5.74, 6) is 0. The van der Waals surface area contributed by atoms with E-state index in [-0.39, 0.29) is 6.16 Å². The van der Waals surface area contributed by atoms with Crippen molar-refractivity contribution < 1.29 is 24.4 Å². The Bertz CT molecular complexity index is 81.6. The SMILES string of the molecule is CCP(=O)(OO)OO. The predicted molar refractivity (Wildman–Crippen MR) is 25.6 cm³/mol. The summed E-state index contributed by atoms with van der Waals surface area (Å²) < 4.78 is 17.0. The molecule has 5 nitrogen and oxygen atoms in total. The molecule has 0 aliphatic carbocycles. The van der Waals surface area contributed by atoms with E-state index in [0.717, 1.165) is 0 Å². The van der Waals surface area contributed by atoms with E-state index < -0.39 is 7.60 Å². The molecule has 2 N–H and O–H groups in total. The molecule has 0 aromatic carbocycles. The molecule has 0 aromatic rings. The summed E-state index contributed by atoms with van der Waals surface area (Å²) in [6.45, 7) is 1.44. The van der Waals surface area contributed by atoms with Crippen molar-refractivity contribution in [3.63, 3.8) is 0 Å². The molecule has 0 bridgehead atoms. The van der Waals surface area contributed by atoms with Gasteiger partial charge in [0.1, 0.15) is 0 Å². The van der Waals surface area contributed by atoms with Gasteiger partial charge in [-0.05, 0) is 0 Å². The van der Waals surface area contributed by atoms with Crippen molar-refractivity contribution in [2.24, 2.45) is 0 Å². The molecule has 0 amide bonds. The zero-order valence-corrected chi connectivity index (χ0v) is 5.17. The summed E-state index contributed by atoms with van der Waals surface area (Å²) in [6.07, 6.45) is -0.0694. The van der Waals surface area contributed by atoms with Gasteiger partial charge in [-0.1, -0.05) is 6.92 Å². The van der Waals surface area contributed by atoms with Gasteiger partial charge in [-0.15, -0.1) is 0 Å². The van der Waals surface area contributed by atoms with Gasteiger partial charge in [0.25, 0.3) is 0 Å². The van der Waals surface area contributed by atoms with Crippen LogP contribution >= 0.6 is 7.60 Å². The Morgan fingerprint density at radius 2 is 1.88 bits per heavy atom. The number of hydrogen-bond donors (Lipinski definition) is 2. The number of rotatable bonds is 3. The summed E-state index contributed by atoms with van der Waals surface area (Å²) in [4.78, 5) is 0. The van der Waals surface area contributed by atoms with E-state index in [1.165, 1.54) is 6.92 Å². The van der Waals surface area contributed by atoms with Crippen molar-refractivity contribution in [2.75, 3.05) is 6.16 Å². The second-order valence-electron chi connectivity index (χ2n) is 1.09. The van der Waals surface area contributed by atoms with Gasteiger partial charge in [-0.2, -0.15) is 9.35 Å². The maximum absolute atomic E-state index is 10.4. The van der Waals surface area contributed by atoms with Crippen LogP contribution in [0.4, 0.5) is 0 Å². The first-order valence-electron chi connectivity index (χ1n) is 1.94. The maximum Gasteiger partial charge on any atom is 0.383 e. The summed E-state index contributed by atoms with van der Waals surface area (Å²) >= 11 is 0. The molecule has 0 heterocycles. The summed E-state index contributed by atoms with van der Waals surface area (Å²) in [6, 6.07) is 0. The largest absolute Gasteiger partial charge is 0.383 e. The van der Waals surface area contributed by atoms with Crippen molar-refractivity contribution in [3.8, 4) is 0 Å². The third kappa shape index (κ3) is 1.90. The van der Waals surface area contributed by atoms with Crippen molar-refractivity contribution in [2.45, 2.75) is 6.92 Å². The van der Waals surface area contributed by atoms with Crippen LogP contribution < -0.4 is 0 Å². The van der Waals surface area contributed by atoms with Crippen LogP contribution in [0.15, 0.2) is 0 Å². The van der Waals surface area contributed by atoms with Crippen molar-refractivity contribution in [1.29, 1.82) is 0 Å². The fraction of sp³-hybridized carbons (Fsp3) is 1.00. The fourth-order valence-electron chi connectivity index (χ4n) is 0.130. The molecular formula is C2H7O5P. The lowest BCUT2D eigenvalue weighted by Crippen LogP contribution is -1.90. The van der Waals surface area contributed by atoms with Gasteiger partial charge >= 0.3 is 7.60 Å². The Labute approximate surface area is 46.2 Å². The van der Waals surface area contributed by atoms with E-state index in [2.05, 4.69) is 9.35 Å². The highest BCUT2D eigenvalue weighted by molar-refractivity contribution is 7.53. The van der Waals surface area contributed by atoms with Crippen LogP contribution in [-0.4, -0.2) is 16.7 Å². The molecule has 0 rings (SSSR count). The minimum Gasteiger partial charge on any atom is -0.255 e. The Kier molecular flexibility index (Phi) is 3.19. The normalized spacial score (nSPS) is 11.9. The smallest absolute Gasteiger partial charge is 0.255 e. The fourth-order valence-corrected chi connectivity index (χ4v) is 0.391. The van der Waals surface area contributed by atoms with Crippen LogP contribution in [0.5, 0.6) is 0 Å². The molecule has 0 saturated carbocycles. The highest BCUT2D eigenvalue weighted by Gasteiger charge is 2.20. The van der Waals surface area contributed by atoms with Gasteiger partial charge < -0.3 is 0 Å². The van der Waals surface area contributed by atoms with Crippen LogP contribution in [0.2, 0.25) is 0 Å². The van der Waals surface area contributed by atoms with Crippen LogP contribution in [0.1, 0.15) is 6.92 Å². The van der Waals surface area contributed by atoms with E-state index in [0.29, 0.717) is 0 Å². The molecule has 0 unspecified atom stereocenters. The van der Waals surface area contributed by atoms with E-state index in [1.54, 1.807) is 0 Å². The van der Waals surface area contributed by atoms with Gasteiger partial charge in [-0.3, -0.25) is 4.57 Å². The lowest BCUT2D eigenvalue weighted by Gasteiger charge is -2.03. The monoisotopic (exact) mass is 142 g/mol. The molecule has 0 aliphatic heterocycles. The average molecular weight is 142 g/mol. The zero-order valence-electron chi connectivity index (χ0n) is 4.27. The first-order chi connectivity index (χ1) is 3.68. The van der Waals surface area contributed by atoms with Gasteiger partial charge in [0.05, 0.1) is 6.16 Å². The first-order valence-corrected chi connectivity index (χ1v) is 3.66. The minimum atomic E-state index is -3.55. The molecule has 50 valence electrons. The second-order valence-corrected chi connectivity index (χ2v) is 3.27. The number of hydrogen-bond acceptors (Lipinski definition) is 5. The lowest BCUT2D eigenvalue weighted by molar-refractivity contribution is -0.207. The van der Waals surface area contributed by atoms with Crippen molar-refractivity contribution in [1.82, 2.24) is 0 Å². The lowest BCUT2D eigenvalue weighted by atomic mass is 11.0. The van der Waals surface area contributed by atoms with Crippen LogP contribution in [-0.2, 0) is 13.9 Å². The summed E-state index contributed by atoms with van der Waals surface area (Å²) in [7, 11) is -3.55. The standard InChI is InChI=1S/C2H7O5P/c1-2-8(5,6-3)7-4/h3-4H,2H2,1H3. The van der Waals surface area contributed by atoms with E-state index in [4.69, 9.17) is 10.5 Å². The Morgan fingerprint density at radius 1 is 1.50 bits per heavy atom. The van der Waals surface area contributed by atoms with Gasteiger partial charge in [0.15, 0.2) is 0 Å². The summed E-state index contributed by atoms with van der Waals surface area (Å²) in [5.41, 5.74) is 0. The average Bonchev–Trinajstić information content (AvgIpc) is 1.87. The first kappa shape index (κ1) is 8.07. The molecule has 8 heavy (non-hydrogen) atoms. The predicted octanol–water partition coefficient (Wildman–Crippen LogP) is 1.18. The van der Waals surface area contributed by atoms with Gasteiger partial charge in [-0.25, -0.2) is 10.5 Å². The van der Waals surface area contributed by atoms with E-state index >= 15 is 0 Å². The van der Waals surface area contributed by atoms with Crippen molar-refractivity contribution in [3.05, 3.63) is 0 Å². The molecule has 0 aromatic heterocycles. The topological polar surface area (TPSA) is 76.0 Å². The highest BCUT2D eigenvalue weighted by atomic mass is 31.2. The van der Waals surface area contributed by atoms with Crippen molar-refractivity contribution >= 4 is 7.60 Å². The maximum atomic E-state index is 10.4. The third-order valence-corrected chi connectivity index (χ3v) is 1.91. The Balaban J connectivity index is 3.79. The molecule has 0 radical (unpaired) electrons. The van der Waals surface area contributed by atoms with E-state index in [1.807, 2.05) is 0 Å². The molecule has 0 saturated heterocycles. The van der Waals surface area contributed by atoms with Crippen LogP contribution in [0, 0.1) is 0 Å². The Morgan fingerprint density at radius 3 is 1.88 bits per heavy atom. The quantitative estimate of drug-likeness (QED) is 0.351. The molecule has 0 atom stereocenters. The molecule has 0 fully saturated rings. The Hall–Kier alpha value is 0.0700. The van der Waals surface area contributed by atoms with Gasteiger partial charge in [0.2, 0.25) is 0 Å². The molecular weight excluding hydrogens is 135 g/mol. The zero-order chi connectivity index (χ0) is 6.62. The molecule has 0 spiro atoms. The third-order valence-electron chi connectivity index (χ3n) is 0.636. The second kappa shape index (κ2) is 3.17. The molecule has 0 aliphatic rings. The minimum absolute atomic E-state index is 0.0694. The highest BCUT2D eigenvalue weighted by Crippen LogP contribution is 2.44.